The highest BCUT2D eigenvalue weighted by molar-refractivity contribution is 5.96. The molecule has 0 aliphatic carbocycles. The largest absolute Gasteiger partial charge is 0.480 e. The lowest BCUT2D eigenvalue weighted by Crippen LogP contribution is -2.40. The van der Waals surface area contributed by atoms with E-state index >= 15 is 0 Å². The van der Waals surface area contributed by atoms with Crippen molar-refractivity contribution in [3.8, 4) is 0 Å². The summed E-state index contributed by atoms with van der Waals surface area (Å²) in [6.07, 6.45) is 0.320. The molecule has 6 heteroatoms. The van der Waals surface area contributed by atoms with Crippen molar-refractivity contribution in [3.63, 3.8) is 0 Å². The molecule has 1 rings (SSSR count). The summed E-state index contributed by atoms with van der Waals surface area (Å²) in [5.41, 5.74) is 1.26. The summed E-state index contributed by atoms with van der Waals surface area (Å²) in [5, 5.41) is 14.2. The van der Waals surface area contributed by atoms with Crippen molar-refractivity contribution in [1.29, 1.82) is 0 Å². The van der Waals surface area contributed by atoms with E-state index in [1.165, 1.54) is 0 Å². The van der Waals surface area contributed by atoms with Crippen molar-refractivity contribution in [2.24, 2.45) is 5.92 Å². The minimum atomic E-state index is -1.05. The molecule has 0 aliphatic heterocycles. The molecule has 0 bridgehead atoms. The van der Waals surface area contributed by atoms with Crippen molar-refractivity contribution in [3.05, 3.63) is 35.4 Å². The predicted molar refractivity (Wildman–Crippen MR) is 82.3 cm³/mol. The molecule has 3 N–H and O–H groups in total. The van der Waals surface area contributed by atoms with Crippen molar-refractivity contribution in [1.82, 2.24) is 10.6 Å². The lowest BCUT2D eigenvalue weighted by molar-refractivity contribution is -0.139. The van der Waals surface area contributed by atoms with Gasteiger partial charge in [0, 0.05) is 18.0 Å². The molecule has 0 heterocycles. The van der Waals surface area contributed by atoms with Crippen LogP contribution >= 0.6 is 0 Å². The van der Waals surface area contributed by atoms with Crippen LogP contribution in [0.3, 0.4) is 0 Å². The minimum absolute atomic E-state index is 0.0333. The zero-order valence-electron chi connectivity index (χ0n) is 13.1. The van der Waals surface area contributed by atoms with E-state index in [0.29, 0.717) is 18.5 Å². The number of aliphatic carboxylic acids is 1. The topological polar surface area (TPSA) is 95.5 Å². The Labute approximate surface area is 129 Å². The Morgan fingerprint density at radius 3 is 2.18 bits per heavy atom. The third-order valence-corrected chi connectivity index (χ3v) is 3.22. The first-order valence-corrected chi connectivity index (χ1v) is 7.25. The zero-order valence-corrected chi connectivity index (χ0v) is 13.1. The fourth-order valence-corrected chi connectivity index (χ4v) is 1.75. The molecule has 0 saturated carbocycles. The summed E-state index contributed by atoms with van der Waals surface area (Å²) in [5.74, 6) is -1.59. The van der Waals surface area contributed by atoms with Gasteiger partial charge in [0.1, 0.15) is 6.04 Å². The summed E-state index contributed by atoms with van der Waals surface area (Å²) in [6, 6.07) is 5.80. The van der Waals surface area contributed by atoms with Crippen LogP contribution in [-0.2, 0) is 16.1 Å². The fourth-order valence-electron chi connectivity index (χ4n) is 1.75. The maximum absolute atomic E-state index is 11.9. The molecule has 6 nitrogen and oxygen atoms in total. The quantitative estimate of drug-likeness (QED) is 0.712. The Morgan fingerprint density at radius 1 is 1.14 bits per heavy atom. The number of carbonyl (C=O) groups excluding carboxylic acids is 2. The molecule has 0 aliphatic rings. The number of carboxylic acid groups (broad SMARTS) is 1. The van der Waals surface area contributed by atoms with Crippen molar-refractivity contribution in [2.45, 2.75) is 39.8 Å². The minimum Gasteiger partial charge on any atom is -0.480 e. The Kier molecular flexibility index (Phi) is 6.56. The van der Waals surface area contributed by atoms with E-state index in [-0.39, 0.29) is 11.8 Å². The van der Waals surface area contributed by atoms with E-state index in [1.54, 1.807) is 31.2 Å². The fraction of sp³-hybridized carbons (Fsp3) is 0.438. The molecule has 120 valence electrons. The van der Waals surface area contributed by atoms with Gasteiger partial charge in [-0.1, -0.05) is 32.9 Å². The van der Waals surface area contributed by atoms with Crippen LogP contribution in [0.15, 0.2) is 24.3 Å². The summed E-state index contributed by atoms with van der Waals surface area (Å²) < 4.78 is 0. The van der Waals surface area contributed by atoms with Gasteiger partial charge < -0.3 is 15.7 Å². The molecule has 0 saturated heterocycles. The Hall–Kier alpha value is -2.37. The van der Waals surface area contributed by atoms with Crippen molar-refractivity contribution in [2.75, 3.05) is 0 Å². The molecular formula is C16H22N2O4. The van der Waals surface area contributed by atoms with E-state index in [9.17, 15) is 14.4 Å². The van der Waals surface area contributed by atoms with Gasteiger partial charge >= 0.3 is 5.97 Å². The maximum atomic E-state index is 11.9. The normalized spacial score (nSPS) is 11.8. The van der Waals surface area contributed by atoms with Crippen LogP contribution in [0.1, 0.15) is 43.1 Å². The summed E-state index contributed by atoms with van der Waals surface area (Å²) in [6.45, 7) is 5.72. The first-order valence-electron chi connectivity index (χ1n) is 7.25. The molecule has 0 spiro atoms. The van der Waals surface area contributed by atoms with E-state index in [2.05, 4.69) is 10.6 Å². The molecule has 0 radical (unpaired) electrons. The van der Waals surface area contributed by atoms with Crippen molar-refractivity contribution < 1.29 is 19.5 Å². The summed E-state index contributed by atoms with van der Waals surface area (Å²) in [4.78, 5) is 34.3. The van der Waals surface area contributed by atoms with E-state index in [1.807, 2.05) is 13.8 Å². The number of hydrogen-bond acceptors (Lipinski definition) is 3. The number of benzene rings is 1. The monoisotopic (exact) mass is 306 g/mol. The second kappa shape index (κ2) is 8.17. The number of hydrogen-bond donors (Lipinski definition) is 3. The van der Waals surface area contributed by atoms with Gasteiger partial charge in [0.05, 0.1) is 0 Å². The number of nitrogens with one attached hydrogen (secondary N) is 2. The smallest absolute Gasteiger partial charge is 0.326 e. The van der Waals surface area contributed by atoms with Crippen LogP contribution in [0, 0.1) is 5.92 Å². The van der Waals surface area contributed by atoms with Gasteiger partial charge in [0.15, 0.2) is 0 Å². The lowest BCUT2D eigenvalue weighted by Gasteiger charge is -2.12. The van der Waals surface area contributed by atoms with Crippen LogP contribution < -0.4 is 10.6 Å². The first-order chi connectivity index (χ1) is 10.3. The third-order valence-electron chi connectivity index (χ3n) is 3.22. The molecule has 2 amide bonds. The van der Waals surface area contributed by atoms with Crippen LogP contribution in [0.2, 0.25) is 0 Å². The van der Waals surface area contributed by atoms with Gasteiger partial charge in [0.25, 0.3) is 5.91 Å². The molecular weight excluding hydrogens is 284 g/mol. The van der Waals surface area contributed by atoms with Crippen LogP contribution in [-0.4, -0.2) is 28.9 Å². The molecule has 1 aromatic rings. The molecule has 22 heavy (non-hydrogen) atoms. The summed E-state index contributed by atoms with van der Waals surface area (Å²) >= 11 is 0. The predicted octanol–water partition coefficient (Wildman–Crippen LogP) is 1.55. The van der Waals surface area contributed by atoms with Gasteiger partial charge in [-0.05, 0) is 24.1 Å². The first kappa shape index (κ1) is 17.7. The molecule has 0 fully saturated rings. The third kappa shape index (κ3) is 5.20. The average molecular weight is 306 g/mol. The second-order valence-corrected chi connectivity index (χ2v) is 5.34. The molecule has 1 atom stereocenters. The van der Waals surface area contributed by atoms with Crippen LogP contribution in [0.4, 0.5) is 0 Å². The molecule has 1 unspecified atom stereocenters. The number of rotatable bonds is 7. The number of amides is 2. The second-order valence-electron chi connectivity index (χ2n) is 5.34. The maximum Gasteiger partial charge on any atom is 0.326 e. The van der Waals surface area contributed by atoms with E-state index < -0.39 is 17.9 Å². The zero-order chi connectivity index (χ0) is 16.7. The number of carbonyl (C=O) groups is 3. The van der Waals surface area contributed by atoms with Crippen LogP contribution in [0.25, 0.3) is 0 Å². The van der Waals surface area contributed by atoms with E-state index in [4.69, 9.17) is 5.11 Å². The Balaban J connectivity index is 2.62. The highest BCUT2D eigenvalue weighted by Gasteiger charge is 2.18. The van der Waals surface area contributed by atoms with Crippen LogP contribution in [0.5, 0.6) is 0 Å². The van der Waals surface area contributed by atoms with E-state index in [0.717, 1.165) is 5.56 Å². The average Bonchev–Trinajstić information content (AvgIpc) is 2.49. The van der Waals surface area contributed by atoms with Gasteiger partial charge in [-0.15, -0.1) is 0 Å². The lowest BCUT2D eigenvalue weighted by atomic mass is 10.1. The van der Waals surface area contributed by atoms with Gasteiger partial charge in [-0.25, -0.2) is 4.79 Å². The van der Waals surface area contributed by atoms with Gasteiger partial charge in [-0.2, -0.15) is 0 Å². The standard InChI is InChI=1S/C16H22N2O4/c1-4-13(16(21)22)18-15(20)12-7-5-11(6-8-12)9-17-14(19)10(2)3/h5-8,10,13H,4,9H2,1-3H3,(H,17,19)(H,18,20)(H,21,22). The van der Waals surface area contributed by atoms with Gasteiger partial charge in [-0.3, -0.25) is 9.59 Å². The molecule has 0 aromatic heterocycles. The number of carboxylic acids is 1. The highest BCUT2D eigenvalue weighted by Crippen LogP contribution is 2.06. The Bertz CT molecular complexity index is 538. The highest BCUT2D eigenvalue weighted by atomic mass is 16.4. The SMILES string of the molecule is CCC(NC(=O)c1ccc(CNC(=O)C(C)C)cc1)C(=O)O. The Morgan fingerprint density at radius 2 is 1.73 bits per heavy atom. The molecule has 1 aromatic carbocycles. The van der Waals surface area contributed by atoms with Crippen molar-refractivity contribution >= 4 is 17.8 Å². The summed E-state index contributed by atoms with van der Waals surface area (Å²) in [7, 11) is 0. The van der Waals surface area contributed by atoms with Gasteiger partial charge in [0.2, 0.25) is 5.91 Å².